The highest BCUT2D eigenvalue weighted by atomic mass is 35.5. The van der Waals surface area contributed by atoms with E-state index in [9.17, 15) is 12.8 Å². The van der Waals surface area contributed by atoms with Crippen molar-refractivity contribution in [2.75, 3.05) is 18.6 Å². The molecule has 0 fully saturated rings. The van der Waals surface area contributed by atoms with E-state index in [1.165, 1.54) is 12.1 Å². The molecule has 0 bridgehead atoms. The Labute approximate surface area is 153 Å². The molecule has 1 aromatic carbocycles. The van der Waals surface area contributed by atoms with Crippen molar-refractivity contribution in [3.63, 3.8) is 0 Å². The maximum absolute atomic E-state index is 13.3. The van der Waals surface area contributed by atoms with Crippen LogP contribution in [0, 0.1) is 5.82 Å². The van der Waals surface area contributed by atoms with Gasteiger partial charge >= 0.3 is 0 Å². The molecule has 0 unspecified atom stereocenters. The van der Waals surface area contributed by atoms with E-state index in [2.05, 4.69) is 34.7 Å². The van der Waals surface area contributed by atoms with Crippen LogP contribution in [0.5, 0.6) is 0 Å². The Hall–Kier alpha value is -2.12. The van der Waals surface area contributed by atoms with Gasteiger partial charge in [0, 0.05) is 12.2 Å². The summed E-state index contributed by atoms with van der Waals surface area (Å²) >= 11 is 5.73. The lowest BCUT2D eigenvalue weighted by Crippen LogP contribution is -2.36. The lowest BCUT2D eigenvalue weighted by atomic mass is 10.2. The number of aromatic nitrogens is 2. The molecule has 1 aromatic heterocycles. The summed E-state index contributed by atoms with van der Waals surface area (Å²) in [6.45, 7) is 1.02. The van der Waals surface area contributed by atoms with Gasteiger partial charge in [0.15, 0.2) is 11.5 Å². The predicted molar refractivity (Wildman–Crippen MR) is 92.4 cm³/mol. The molecular weight excluding hydrogens is 391 g/mol. The Kier molecular flexibility index (Phi) is 6.99. The molecule has 0 amide bonds. The third-order valence-corrected chi connectivity index (χ3v) is 4.44. The molecular formula is C13H16ClFN6O4S. The lowest BCUT2D eigenvalue weighted by Gasteiger charge is -2.09. The predicted octanol–water partition coefficient (Wildman–Crippen LogP) is 0.615. The van der Waals surface area contributed by atoms with Gasteiger partial charge in [-0.1, -0.05) is 23.7 Å². The van der Waals surface area contributed by atoms with Crippen LogP contribution in [-0.2, 0) is 16.8 Å². The van der Waals surface area contributed by atoms with E-state index in [4.69, 9.17) is 16.7 Å². The van der Waals surface area contributed by atoms with Gasteiger partial charge in [0.25, 0.3) is 10.2 Å². The molecule has 4 N–H and O–H groups in total. The molecule has 26 heavy (non-hydrogen) atoms. The van der Waals surface area contributed by atoms with Crippen LogP contribution in [0.25, 0.3) is 0 Å². The Morgan fingerprint density at radius 2 is 2.15 bits per heavy atom. The molecule has 1 heterocycles. The second-order valence-electron chi connectivity index (χ2n) is 4.78. The van der Waals surface area contributed by atoms with Gasteiger partial charge in [-0.3, -0.25) is 0 Å². The third-order valence-electron chi connectivity index (χ3n) is 2.96. The molecule has 0 atom stereocenters. The van der Waals surface area contributed by atoms with Crippen LogP contribution in [0.1, 0.15) is 18.3 Å². The smallest absolute Gasteiger partial charge is 0.277 e. The quantitative estimate of drug-likeness (QED) is 0.371. The first-order valence-electron chi connectivity index (χ1n) is 7.29. The number of aliphatic hydroxyl groups excluding tert-OH is 1. The van der Waals surface area contributed by atoms with Crippen molar-refractivity contribution >= 4 is 33.3 Å². The van der Waals surface area contributed by atoms with Crippen LogP contribution in [0.3, 0.4) is 0 Å². The molecule has 0 radical (unpaired) electrons. The summed E-state index contributed by atoms with van der Waals surface area (Å²) in [5, 5.41) is 19.1. The van der Waals surface area contributed by atoms with E-state index in [1.807, 2.05) is 0 Å². The number of benzene rings is 1. The van der Waals surface area contributed by atoms with Crippen molar-refractivity contribution in [1.29, 1.82) is 0 Å². The van der Waals surface area contributed by atoms with Gasteiger partial charge < -0.3 is 10.4 Å². The normalized spacial score (nSPS) is 12.4. The number of rotatable bonds is 8. The molecule has 0 aliphatic carbocycles. The summed E-state index contributed by atoms with van der Waals surface area (Å²) in [4.78, 5) is 3.82. The van der Waals surface area contributed by atoms with Crippen LogP contribution < -0.4 is 14.8 Å². The van der Waals surface area contributed by atoms with Gasteiger partial charge in [0.2, 0.25) is 0 Å². The first-order valence-corrected chi connectivity index (χ1v) is 9.15. The van der Waals surface area contributed by atoms with Crippen molar-refractivity contribution in [2.45, 2.75) is 13.5 Å². The second-order valence-corrected chi connectivity index (χ2v) is 6.78. The second kappa shape index (κ2) is 9.00. The molecule has 10 nitrogen and oxygen atoms in total. The molecule has 13 heteroatoms. The number of anilines is 1. The van der Waals surface area contributed by atoms with Gasteiger partial charge in [0.05, 0.1) is 11.6 Å². The zero-order chi connectivity index (χ0) is 19.2. The van der Waals surface area contributed by atoms with Crippen LogP contribution in [0.15, 0.2) is 27.8 Å². The van der Waals surface area contributed by atoms with E-state index in [0.717, 1.165) is 6.07 Å². The van der Waals surface area contributed by atoms with Crippen LogP contribution in [-0.4, -0.2) is 42.9 Å². The summed E-state index contributed by atoms with van der Waals surface area (Å²) in [7, 11) is -3.71. The monoisotopic (exact) mass is 406 g/mol. The number of amidine groups is 1. The van der Waals surface area contributed by atoms with Crippen LogP contribution in [0.4, 0.5) is 10.1 Å². The summed E-state index contributed by atoms with van der Waals surface area (Å²) in [6, 6.07) is 3.85. The number of aliphatic imine (C=N–C) groups is 1. The fourth-order valence-electron chi connectivity index (χ4n) is 1.86. The van der Waals surface area contributed by atoms with Crippen molar-refractivity contribution < 1.29 is 22.5 Å². The maximum Gasteiger partial charge on any atom is 0.277 e. The topological polar surface area (TPSA) is 142 Å². The lowest BCUT2D eigenvalue weighted by molar-refractivity contribution is 0.301. The van der Waals surface area contributed by atoms with Gasteiger partial charge in [-0.05, 0) is 23.4 Å². The molecule has 2 rings (SSSR count). The van der Waals surface area contributed by atoms with E-state index >= 15 is 0 Å². The fraction of sp³-hybridized carbons (Fsp3) is 0.308. The molecule has 0 saturated heterocycles. The molecule has 0 aliphatic rings. The van der Waals surface area contributed by atoms with E-state index < -0.39 is 22.8 Å². The van der Waals surface area contributed by atoms with E-state index in [-0.39, 0.29) is 35.3 Å². The molecule has 0 aliphatic heterocycles. The first-order chi connectivity index (χ1) is 12.4. The van der Waals surface area contributed by atoms with E-state index in [0.29, 0.717) is 5.69 Å². The Morgan fingerprint density at radius 1 is 1.38 bits per heavy atom. The number of nitrogens with one attached hydrogen (secondary N) is 3. The van der Waals surface area contributed by atoms with Gasteiger partial charge in [-0.15, -0.1) is 0 Å². The average Bonchev–Trinajstić information content (AvgIpc) is 3.04. The summed E-state index contributed by atoms with van der Waals surface area (Å²) < 4.78 is 45.7. The highest BCUT2D eigenvalue weighted by Crippen LogP contribution is 2.20. The number of halogens is 2. The van der Waals surface area contributed by atoms with Crippen molar-refractivity contribution in [2.24, 2.45) is 4.99 Å². The van der Waals surface area contributed by atoms with Gasteiger partial charge in [0.1, 0.15) is 18.2 Å². The number of nitrogens with zero attached hydrogens (tertiary/aromatic N) is 3. The molecule has 142 valence electrons. The number of hydrogen-bond donors (Lipinski definition) is 4. The zero-order valence-corrected chi connectivity index (χ0v) is 15.1. The highest BCUT2D eigenvalue weighted by Gasteiger charge is 2.19. The highest BCUT2D eigenvalue weighted by molar-refractivity contribution is 7.87. The van der Waals surface area contributed by atoms with Crippen LogP contribution >= 0.6 is 11.6 Å². The maximum atomic E-state index is 13.3. The minimum atomic E-state index is -3.71. The molecule has 0 saturated carbocycles. The van der Waals surface area contributed by atoms with Crippen LogP contribution in [0.2, 0.25) is 5.02 Å². The Morgan fingerprint density at radius 3 is 2.81 bits per heavy atom. The minimum absolute atomic E-state index is 0.0362. The summed E-state index contributed by atoms with van der Waals surface area (Å²) in [5.74, 6) is -0.562. The third kappa shape index (κ3) is 5.44. The summed E-state index contributed by atoms with van der Waals surface area (Å²) in [5.41, 5.74) is 0.559. The minimum Gasteiger partial charge on any atom is -0.374 e. The van der Waals surface area contributed by atoms with E-state index in [1.54, 1.807) is 6.92 Å². The average molecular weight is 407 g/mol. The largest absolute Gasteiger partial charge is 0.374 e. The SMILES string of the molecule is CCNS(=O)(=O)NCc1nonc1C(=NCO)Nc1ccc(F)c(Cl)c1. The standard InChI is InChI=1S/C13H16ClFN6O4S/c1-2-17-26(23,24)18-6-11-12(21-25-20-11)13(16-7-22)19-8-3-4-10(15)9(14)5-8/h3-5,17-18,22H,2,6-7H2,1H3,(H,16,19). The van der Waals surface area contributed by atoms with Gasteiger partial charge in [-0.25, -0.2) is 18.7 Å². The van der Waals surface area contributed by atoms with Crippen molar-refractivity contribution in [3.05, 3.63) is 40.4 Å². The number of hydrogen-bond acceptors (Lipinski definition) is 7. The van der Waals surface area contributed by atoms with Crippen molar-refractivity contribution in [3.8, 4) is 0 Å². The fourth-order valence-corrected chi connectivity index (χ4v) is 2.85. The zero-order valence-electron chi connectivity index (χ0n) is 13.5. The molecule has 2 aromatic rings. The Bertz CT molecular complexity index is 889. The molecule has 0 spiro atoms. The summed E-state index contributed by atoms with van der Waals surface area (Å²) in [6.07, 6.45) is 0. The Balaban J connectivity index is 2.22. The first kappa shape index (κ1) is 20.2. The van der Waals surface area contributed by atoms with Gasteiger partial charge in [-0.2, -0.15) is 13.1 Å². The van der Waals surface area contributed by atoms with Crippen molar-refractivity contribution in [1.82, 2.24) is 19.8 Å². The number of aliphatic hydroxyl groups is 1.